The summed E-state index contributed by atoms with van der Waals surface area (Å²) >= 11 is 0. The van der Waals surface area contributed by atoms with Crippen LogP contribution < -0.4 is 0 Å². The Kier molecular flexibility index (Phi) is 3.36. The van der Waals surface area contributed by atoms with Crippen molar-refractivity contribution >= 4 is 5.78 Å². The Hall–Kier alpha value is -2.03. The summed E-state index contributed by atoms with van der Waals surface area (Å²) in [6, 6.07) is 7.92. The van der Waals surface area contributed by atoms with E-state index < -0.39 is 5.41 Å². The topological polar surface area (TPSA) is 42.9 Å². The molecule has 0 saturated heterocycles. The lowest BCUT2D eigenvalue weighted by atomic mass is 9.70. The largest absolute Gasteiger partial charge is 0.293 e. The predicted molar refractivity (Wildman–Crippen MR) is 82.6 cm³/mol. The average Bonchev–Trinajstić information content (AvgIpc) is 2.51. The van der Waals surface area contributed by atoms with Gasteiger partial charge in [-0.15, -0.1) is 0 Å². The fourth-order valence-electron chi connectivity index (χ4n) is 3.03. The van der Waals surface area contributed by atoms with E-state index in [1.807, 2.05) is 38.2 Å². The first-order valence-electron chi connectivity index (χ1n) is 7.51. The van der Waals surface area contributed by atoms with Crippen LogP contribution in [0.5, 0.6) is 0 Å². The number of nitrogens with zero attached hydrogens (tertiary/aromatic N) is 2. The highest BCUT2D eigenvalue weighted by Gasteiger charge is 2.41. The van der Waals surface area contributed by atoms with Gasteiger partial charge in [0.25, 0.3) is 0 Å². The van der Waals surface area contributed by atoms with E-state index in [-0.39, 0.29) is 5.78 Å². The minimum Gasteiger partial charge on any atom is -0.293 e. The van der Waals surface area contributed by atoms with E-state index in [2.05, 4.69) is 23.0 Å². The summed E-state index contributed by atoms with van der Waals surface area (Å²) < 4.78 is 0. The van der Waals surface area contributed by atoms with Gasteiger partial charge in [-0.3, -0.25) is 14.8 Å². The molecular formula is C18H20N2O. The van der Waals surface area contributed by atoms with Gasteiger partial charge in [-0.1, -0.05) is 6.92 Å². The molecule has 0 radical (unpaired) electrons. The van der Waals surface area contributed by atoms with Crippen LogP contribution in [0.15, 0.2) is 30.5 Å². The highest BCUT2D eigenvalue weighted by Crippen LogP contribution is 2.37. The summed E-state index contributed by atoms with van der Waals surface area (Å²) in [7, 11) is 0. The number of pyridine rings is 2. The third-order valence-electron chi connectivity index (χ3n) is 4.52. The first-order chi connectivity index (χ1) is 10.0. The van der Waals surface area contributed by atoms with Gasteiger partial charge >= 0.3 is 0 Å². The number of aromatic nitrogens is 2. The van der Waals surface area contributed by atoms with Gasteiger partial charge < -0.3 is 0 Å². The van der Waals surface area contributed by atoms with Gasteiger partial charge in [-0.2, -0.15) is 0 Å². The van der Waals surface area contributed by atoms with Crippen LogP contribution in [0, 0.1) is 6.92 Å². The minimum atomic E-state index is -0.533. The number of hydrogen-bond acceptors (Lipinski definition) is 3. The SMILES string of the molecule is CCc1ccnc(C2(C)CCc3nc(C)ccc3C2=O)c1. The number of rotatable bonds is 2. The van der Waals surface area contributed by atoms with E-state index in [0.717, 1.165) is 41.9 Å². The Morgan fingerprint density at radius 2 is 2.10 bits per heavy atom. The lowest BCUT2D eigenvalue weighted by molar-refractivity contribution is 0.0870. The molecule has 0 spiro atoms. The zero-order valence-electron chi connectivity index (χ0n) is 12.8. The number of ketones is 1. The van der Waals surface area contributed by atoms with E-state index in [1.165, 1.54) is 5.56 Å². The quantitative estimate of drug-likeness (QED) is 0.846. The van der Waals surface area contributed by atoms with Gasteiger partial charge in [-0.05, 0) is 62.9 Å². The molecule has 1 aliphatic rings. The Balaban J connectivity index is 2.06. The van der Waals surface area contributed by atoms with Crippen LogP contribution in [0.1, 0.15) is 53.3 Å². The molecule has 3 nitrogen and oxygen atoms in total. The number of hydrogen-bond donors (Lipinski definition) is 0. The molecule has 0 aliphatic heterocycles. The zero-order chi connectivity index (χ0) is 15.0. The van der Waals surface area contributed by atoms with E-state index in [4.69, 9.17) is 0 Å². The number of fused-ring (bicyclic) bond motifs is 1. The van der Waals surface area contributed by atoms with Crippen molar-refractivity contribution in [1.29, 1.82) is 0 Å². The molecule has 2 aromatic heterocycles. The van der Waals surface area contributed by atoms with Crippen LogP contribution in [0.3, 0.4) is 0 Å². The van der Waals surface area contributed by atoms with Crippen LogP contribution in [0.2, 0.25) is 0 Å². The summed E-state index contributed by atoms with van der Waals surface area (Å²) in [5.74, 6) is 0.150. The summed E-state index contributed by atoms with van der Waals surface area (Å²) in [5.41, 5.74) is 4.24. The monoisotopic (exact) mass is 280 g/mol. The Morgan fingerprint density at radius 3 is 2.86 bits per heavy atom. The van der Waals surface area contributed by atoms with Crippen molar-refractivity contribution in [3.63, 3.8) is 0 Å². The van der Waals surface area contributed by atoms with E-state index in [0.29, 0.717) is 0 Å². The summed E-state index contributed by atoms with van der Waals surface area (Å²) in [6.45, 7) is 6.09. The molecule has 2 heterocycles. The molecule has 1 aliphatic carbocycles. The second kappa shape index (κ2) is 5.06. The zero-order valence-corrected chi connectivity index (χ0v) is 12.8. The smallest absolute Gasteiger partial charge is 0.176 e. The Morgan fingerprint density at radius 1 is 1.29 bits per heavy atom. The van der Waals surface area contributed by atoms with Gasteiger partial charge in [0.1, 0.15) is 0 Å². The van der Waals surface area contributed by atoms with E-state index in [9.17, 15) is 4.79 Å². The van der Waals surface area contributed by atoms with Crippen LogP contribution in [0.4, 0.5) is 0 Å². The maximum absolute atomic E-state index is 13.0. The second-order valence-corrected chi connectivity index (χ2v) is 6.01. The third kappa shape index (κ3) is 2.27. The lowest BCUT2D eigenvalue weighted by Gasteiger charge is -2.32. The van der Waals surface area contributed by atoms with Gasteiger partial charge in [0.15, 0.2) is 5.78 Å². The number of Topliss-reactive ketones (excluding diaryl/α,β-unsaturated/α-hetero) is 1. The van der Waals surface area contributed by atoms with Gasteiger partial charge in [-0.25, -0.2) is 0 Å². The van der Waals surface area contributed by atoms with E-state index in [1.54, 1.807) is 0 Å². The highest BCUT2D eigenvalue weighted by molar-refractivity contribution is 6.05. The molecular weight excluding hydrogens is 260 g/mol. The molecule has 1 unspecified atom stereocenters. The predicted octanol–water partition coefficient (Wildman–Crippen LogP) is 3.43. The van der Waals surface area contributed by atoms with E-state index >= 15 is 0 Å². The first kappa shape index (κ1) is 13.9. The molecule has 0 fully saturated rings. The maximum atomic E-state index is 13.0. The van der Waals surface area contributed by atoms with Gasteiger partial charge in [0.05, 0.1) is 16.8 Å². The molecule has 2 aromatic rings. The fourth-order valence-corrected chi connectivity index (χ4v) is 3.03. The van der Waals surface area contributed by atoms with Gasteiger partial charge in [0.2, 0.25) is 0 Å². The average molecular weight is 280 g/mol. The van der Waals surface area contributed by atoms with Crippen LogP contribution in [0.25, 0.3) is 0 Å². The van der Waals surface area contributed by atoms with Crippen LogP contribution >= 0.6 is 0 Å². The van der Waals surface area contributed by atoms with Crippen molar-refractivity contribution in [3.8, 4) is 0 Å². The molecule has 1 atom stereocenters. The second-order valence-electron chi connectivity index (χ2n) is 6.01. The minimum absolute atomic E-state index is 0.150. The molecule has 108 valence electrons. The van der Waals surface area contributed by atoms with Crippen molar-refractivity contribution in [2.45, 2.75) is 45.4 Å². The summed E-state index contributed by atoms with van der Waals surface area (Å²) in [5, 5.41) is 0. The number of carbonyl (C=O) groups is 1. The fraction of sp³-hybridized carbons (Fsp3) is 0.389. The standard InChI is InChI=1S/C18H20N2O/c1-4-13-8-10-19-16(11-13)18(3)9-7-15-14(17(18)21)6-5-12(2)20-15/h5-6,8,10-11H,4,7,9H2,1-3H3. The molecule has 0 saturated carbocycles. The lowest BCUT2D eigenvalue weighted by Crippen LogP contribution is -2.38. The number of aryl methyl sites for hydroxylation is 3. The number of carbonyl (C=O) groups excluding carboxylic acids is 1. The van der Waals surface area contributed by atoms with Crippen molar-refractivity contribution < 1.29 is 4.79 Å². The molecule has 0 amide bonds. The summed E-state index contributed by atoms with van der Waals surface area (Å²) in [6.07, 6.45) is 4.37. The van der Waals surface area contributed by atoms with Crippen LogP contribution in [-0.4, -0.2) is 15.8 Å². The molecule has 0 aromatic carbocycles. The molecule has 3 heteroatoms. The first-order valence-corrected chi connectivity index (χ1v) is 7.51. The molecule has 21 heavy (non-hydrogen) atoms. The van der Waals surface area contributed by atoms with Crippen LogP contribution in [-0.2, 0) is 18.3 Å². The van der Waals surface area contributed by atoms with Crippen molar-refractivity contribution in [2.75, 3.05) is 0 Å². The third-order valence-corrected chi connectivity index (χ3v) is 4.52. The van der Waals surface area contributed by atoms with Crippen molar-refractivity contribution in [2.24, 2.45) is 0 Å². The normalized spacial score (nSPS) is 21.2. The molecule has 0 N–H and O–H groups in total. The summed E-state index contributed by atoms with van der Waals surface area (Å²) in [4.78, 5) is 22.0. The maximum Gasteiger partial charge on any atom is 0.176 e. The van der Waals surface area contributed by atoms with Gasteiger partial charge in [0, 0.05) is 17.5 Å². The molecule has 3 rings (SSSR count). The van der Waals surface area contributed by atoms with Crippen molar-refractivity contribution in [3.05, 3.63) is 58.7 Å². The Labute approximate surface area is 125 Å². The Bertz CT molecular complexity index is 708. The van der Waals surface area contributed by atoms with Crippen molar-refractivity contribution in [1.82, 2.24) is 9.97 Å². The highest BCUT2D eigenvalue weighted by atomic mass is 16.1. The molecule has 0 bridgehead atoms.